The molecule has 0 fully saturated rings. The fourth-order valence-corrected chi connectivity index (χ4v) is 2.12. The fourth-order valence-electron chi connectivity index (χ4n) is 1.97. The van der Waals surface area contributed by atoms with Gasteiger partial charge in [0.15, 0.2) is 5.82 Å². The lowest BCUT2D eigenvalue weighted by molar-refractivity contribution is 0.845. The van der Waals surface area contributed by atoms with Crippen molar-refractivity contribution in [2.75, 3.05) is 12.0 Å². The monoisotopic (exact) mass is 245 g/mol. The highest BCUT2D eigenvalue weighted by atomic mass is 35.5. The van der Waals surface area contributed by atoms with E-state index in [9.17, 15) is 0 Å². The number of fused-ring (bicyclic) bond motifs is 1. The van der Waals surface area contributed by atoms with E-state index in [-0.39, 0.29) is 0 Å². The Morgan fingerprint density at radius 3 is 3.24 bits per heavy atom. The molecule has 0 spiro atoms. The number of allylic oxidation sites excluding steroid dienone is 6. The van der Waals surface area contributed by atoms with E-state index in [0.717, 1.165) is 29.5 Å². The summed E-state index contributed by atoms with van der Waals surface area (Å²) in [6, 6.07) is 0. The normalized spacial score (nSPS) is 17.9. The zero-order valence-electron chi connectivity index (χ0n) is 9.23. The molecule has 0 amide bonds. The molecule has 0 saturated carbocycles. The molecule has 0 bridgehead atoms. The number of imidazole rings is 1. The molecule has 2 aliphatic rings. The van der Waals surface area contributed by atoms with Crippen LogP contribution < -0.4 is 5.43 Å². The molecule has 0 saturated heterocycles. The Morgan fingerprint density at radius 2 is 2.29 bits per heavy atom. The van der Waals surface area contributed by atoms with Gasteiger partial charge in [0.2, 0.25) is 0 Å². The Hall–Kier alpha value is -1.74. The predicted octanol–water partition coefficient (Wildman–Crippen LogP) is 2.92. The van der Waals surface area contributed by atoms with E-state index in [2.05, 4.69) is 22.6 Å². The number of nitrogens with one attached hydrogen (secondary N) is 1. The topological polar surface area (TPSA) is 29.9 Å². The molecule has 0 atom stereocenters. The molecule has 17 heavy (non-hydrogen) atoms. The van der Waals surface area contributed by atoms with Crippen molar-refractivity contribution in [2.24, 2.45) is 0 Å². The van der Waals surface area contributed by atoms with Gasteiger partial charge < -0.3 is 5.43 Å². The summed E-state index contributed by atoms with van der Waals surface area (Å²) in [5.74, 6) is 0.940. The minimum Gasteiger partial charge on any atom is -0.320 e. The zero-order chi connectivity index (χ0) is 11.7. The molecule has 1 aromatic heterocycles. The van der Waals surface area contributed by atoms with Crippen molar-refractivity contribution < 1.29 is 0 Å². The van der Waals surface area contributed by atoms with Crippen LogP contribution in [-0.4, -0.2) is 16.2 Å². The van der Waals surface area contributed by atoms with Crippen LogP contribution in [-0.2, 0) is 0 Å². The van der Waals surface area contributed by atoms with Gasteiger partial charge >= 0.3 is 0 Å². The summed E-state index contributed by atoms with van der Waals surface area (Å²) in [6.07, 6.45) is 14.8. The molecule has 1 aliphatic heterocycles. The first-order chi connectivity index (χ1) is 8.34. The smallest absolute Gasteiger partial charge is 0.151 e. The number of aromatic nitrogens is 2. The number of hydrogen-bond donors (Lipinski definition) is 1. The standard InChI is InChI=1S/C13H12ClN3/c14-11-4-1-3-10(6-7-11)12-9-15-13-5-2-8-16-17(12)13/h1-5,7,9,16H,6,8H2. The van der Waals surface area contributed by atoms with Crippen LogP contribution in [0.15, 0.2) is 41.6 Å². The van der Waals surface area contributed by atoms with Gasteiger partial charge in [-0.15, -0.1) is 0 Å². The van der Waals surface area contributed by atoms with Crippen molar-refractivity contribution in [3.8, 4) is 0 Å². The average molecular weight is 246 g/mol. The molecule has 3 nitrogen and oxygen atoms in total. The third kappa shape index (κ3) is 1.94. The number of halogens is 1. The second-order valence-electron chi connectivity index (χ2n) is 3.95. The molecule has 0 unspecified atom stereocenters. The first-order valence-corrected chi connectivity index (χ1v) is 5.94. The summed E-state index contributed by atoms with van der Waals surface area (Å²) in [7, 11) is 0. The summed E-state index contributed by atoms with van der Waals surface area (Å²) in [4.78, 5) is 4.38. The van der Waals surface area contributed by atoms with Crippen LogP contribution in [0.5, 0.6) is 0 Å². The molecule has 1 aromatic rings. The number of rotatable bonds is 1. The maximum absolute atomic E-state index is 5.98. The third-order valence-electron chi connectivity index (χ3n) is 2.82. The molecule has 4 heteroatoms. The molecule has 0 radical (unpaired) electrons. The first-order valence-electron chi connectivity index (χ1n) is 5.56. The van der Waals surface area contributed by atoms with Gasteiger partial charge in [-0.1, -0.05) is 35.9 Å². The third-order valence-corrected chi connectivity index (χ3v) is 3.10. The molecular weight excluding hydrogens is 234 g/mol. The summed E-state index contributed by atoms with van der Waals surface area (Å²) in [6.45, 7) is 0.829. The number of hydrogen-bond acceptors (Lipinski definition) is 2. The highest BCUT2D eigenvalue weighted by Gasteiger charge is 2.13. The van der Waals surface area contributed by atoms with Crippen molar-refractivity contribution in [2.45, 2.75) is 6.42 Å². The van der Waals surface area contributed by atoms with Gasteiger partial charge in [0.1, 0.15) is 0 Å². The predicted molar refractivity (Wildman–Crippen MR) is 71.2 cm³/mol. The number of nitrogens with zero attached hydrogens (tertiary/aromatic N) is 2. The van der Waals surface area contributed by atoms with Gasteiger partial charge in [-0.2, -0.15) is 0 Å². The van der Waals surface area contributed by atoms with E-state index in [1.807, 2.05) is 35.2 Å². The van der Waals surface area contributed by atoms with Gasteiger partial charge in [0.05, 0.1) is 11.9 Å². The molecule has 2 heterocycles. The van der Waals surface area contributed by atoms with E-state index in [1.54, 1.807) is 0 Å². The highest BCUT2D eigenvalue weighted by molar-refractivity contribution is 6.31. The van der Waals surface area contributed by atoms with Gasteiger partial charge in [0, 0.05) is 11.6 Å². The van der Waals surface area contributed by atoms with Gasteiger partial charge in [0.25, 0.3) is 0 Å². The van der Waals surface area contributed by atoms with Gasteiger partial charge in [-0.3, -0.25) is 0 Å². The van der Waals surface area contributed by atoms with E-state index >= 15 is 0 Å². The van der Waals surface area contributed by atoms with Crippen molar-refractivity contribution in [1.82, 2.24) is 9.66 Å². The minimum absolute atomic E-state index is 0.780. The van der Waals surface area contributed by atoms with E-state index < -0.39 is 0 Å². The lowest BCUT2D eigenvalue weighted by atomic mass is 10.1. The van der Waals surface area contributed by atoms with Gasteiger partial charge in [-0.05, 0) is 24.1 Å². The Morgan fingerprint density at radius 1 is 1.35 bits per heavy atom. The van der Waals surface area contributed by atoms with E-state index in [0.29, 0.717) is 0 Å². The second kappa shape index (κ2) is 4.26. The molecule has 1 N–H and O–H groups in total. The Bertz CT molecular complexity index is 558. The Kier molecular flexibility index (Phi) is 2.61. The van der Waals surface area contributed by atoms with Crippen molar-refractivity contribution in [1.29, 1.82) is 0 Å². The van der Waals surface area contributed by atoms with Crippen LogP contribution in [0.4, 0.5) is 0 Å². The summed E-state index contributed by atoms with van der Waals surface area (Å²) < 4.78 is 2.02. The highest BCUT2D eigenvalue weighted by Crippen LogP contribution is 2.24. The Balaban J connectivity index is 2.00. The fraction of sp³-hybridized carbons (Fsp3) is 0.154. The lowest BCUT2D eigenvalue weighted by Crippen LogP contribution is -2.21. The second-order valence-corrected chi connectivity index (χ2v) is 4.38. The molecular formula is C13H12ClN3. The van der Waals surface area contributed by atoms with Crippen molar-refractivity contribution >= 4 is 23.3 Å². The van der Waals surface area contributed by atoms with Crippen molar-refractivity contribution in [3.05, 3.63) is 53.1 Å². The van der Waals surface area contributed by atoms with E-state index in [4.69, 9.17) is 11.6 Å². The molecule has 1 aliphatic carbocycles. The molecule has 3 rings (SSSR count). The SMILES string of the molecule is ClC1=CCC(c2cnc3n2NCC=C3)=CC=C1. The van der Waals surface area contributed by atoms with Crippen LogP contribution in [0, 0.1) is 0 Å². The minimum atomic E-state index is 0.780. The maximum Gasteiger partial charge on any atom is 0.151 e. The summed E-state index contributed by atoms with van der Waals surface area (Å²) in [5, 5.41) is 0.780. The summed E-state index contributed by atoms with van der Waals surface area (Å²) in [5.41, 5.74) is 5.59. The largest absolute Gasteiger partial charge is 0.320 e. The van der Waals surface area contributed by atoms with E-state index in [1.165, 1.54) is 5.57 Å². The lowest BCUT2D eigenvalue weighted by Gasteiger charge is -2.15. The van der Waals surface area contributed by atoms with Crippen LogP contribution in [0.1, 0.15) is 17.9 Å². The van der Waals surface area contributed by atoms with Crippen molar-refractivity contribution in [3.63, 3.8) is 0 Å². The van der Waals surface area contributed by atoms with Crippen LogP contribution in [0.25, 0.3) is 11.6 Å². The van der Waals surface area contributed by atoms with Gasteiger partial charge in [-0.25, -0.2) is 9.66 Å². The molecule has 86 valence electrons. The summed E-state index contributed by atoms with van der Waals surface area (Å²) >= 11 is 5.98. The van der Waals surface area contributed by atoms with Crippen LogP contribution in [0.2, 0.25) is 0 Å². The van der Waals surface area contributed by atoms with Crippen LogP contribution in [0.3, 0.4) is 0 Å². The maximum atomic E-state index is 5.98. The quantitative estimate of drug-likeness (QED) is 0.825. The zero-order valence-corrected chi connectivity index (χ0v) is 9.98. The van der Waals surface area contributed by atoms with Crippen LogP contribution >= 0.6 is 11.6 Å². The average Bonchev–Trinajstić information content (AvgIpc) is 2.66. The molecule has 0 aromatic carbocycles. The Labute approximate surface area is 105 Å². The first kappa shape index (κ1) is 10.4.